The van der Waals surface area contributed by atoms with E-state index >= 15 is 0 Å². The van der Waals surface area contributed by atoms with Gasteiger partial charge < -0.3 is 5.11 Å². The van der Waals surface area contributed by atoms with Crippen LogP contribution in [-0.4, -0.2) is 43.0 Å². The van der Waals surface area contributed by atoms with E-state index in [4.69, 9.17) is 5.11 Å². The van der Waals surface area contributed by atoms with E-state index in [0.29, 0.717) is 11.8 Å². The molecule has 1 aromatic heterocycles. The van der Waals surface area contributed by atoms with Crippen LogP contribution in [0, 0.1) is 0 Å². The normalized spacial score (nSPS) is 11.6. The standard InChI is InChI=1S/C5H6F2N4O2S/c1-11-4(8-9-10-11)14-2-5(6,7)3(12)13/h2H2,1H3,(H,12,13). The number of alkyl halides is 2. The second-order valence-corrected chi connectivity index (χ2v) is 3.33. The van der Waals surface area contributed by atoms with Crippen LogP contribution in [0.1, 0.15) is 0 Å². The first-order valence-corrected chi connectivity index (χ1v) is 4.38. The molecule has 6 nitrogen and oxygen atoms in total. The molecule has 0 saturated carbocycles. The number of hydrogen-bond donors (Lipinski definition) is 1. The highest BCUT2D eigenvalue weighted by Gasteiger charge is 2.39. The van der Waals surface area contributed by atoms with Crippen molar-refractivity contribution in [3.63, 3.8) is 0 Å². The van der Waals surface area contributed by atoms with Gasteiger partial charge in [-0.3, -0.25) is 0 Å². The van der Waals surface area contributed by atoms with Crippen molar-refractivity contribution in [2.45, 2.75) is 11.1 Å². The van der Waals surface area contributed by atoms with Gasteiger partial charge in [-0.15, -0.1) is 5.10 Å². The lowest BCUT2D eigenvalue weighted by molar-refractivity contribution is -0.161. The van der Waals surface area contributed by atoms with Crippen molar-refractivity contribution in [3.05, 3.63) is 0 Å². The van der Waals surface area contributed by atoms with Crippen LogP contribution in [-0.2, 0) is 11.8 Å². The van der Waals surface area contributed by atoms with Crippen LogP contribution < -0.4 is 0 Å². The number of tetrazole rings is 1. The first-order chi connectivity index (χ1) is 6.43. The Morgan fingerprint density at radius 3 is 2.79 bits per heavy atom. The molecule has 0 aromatic carbocycles. The van der Waals surface area contributed by atoms with Gasteiger partial charge in [-0.2, -0.15) is 8.78 Å². The molecular formula is C5H6F2N4O2S. The molecule has 9 heteroatoms. The van der Waals surface area contributed by atoms with Crippen LogP contribution in [0.5, 0.6) is 0 Å². The van der Waals surface area contributed by atoms with Crippen LogP contribution >= 0.6 is 11.8 Å². The van der Waals surface area contributed by atoms with Gasteiger partial charge in [-0.25, -0.2) is 9.48 Å². The molecule has 0 atom stereocenters. The van der Waals surface area contributed by atoms with Crippen LogP contribution in [0.25, 0.3) is 0 Å². The fraction of sp³-hybridized carbons (Fsp3) is 0.600. The van der Waals surface area contributed by atoms with Crippen molar-refractivity contribution < 1.29 is 18.7 Å². The van der Waals surface area contributed by atoms with Crippen molar-refractivity contribution in [1.29, 1.82) is 0 Å². The fourth-order valence-electron chi connectivity index (χ4n) is 0.560. The maximum Gasteiger partial charge on any atom is 0.375 e. The maximum atomic E-state index is 12.6. The topological polar surface area (TPSA) is 80.9 Å². The second-order valence-electron chi connectivity index (χ2n) is 2.38. The third-order valence-electron chi connectivity index (χ3n) is 1.28. The van der Waals surface area contributed by atoms with E-state index in [1.54, 1.807) is 0 Å². The minimum Gasteiger partial charge on any atom is -0.477 e. The average molecular weight is 224 g/mol. The highest BCUT2D eigenvalue weighted by atomic mass is 32.2. The van der Waals surface area contributed by atoms with Crippen molar-refractivity contribution in [2.75, 3.05) is 5.75 Å². The summed E-state index contributed by atoms with van der Waals surface area (Å²) in [5.41, 5.74) is 0. The summed E-state index contributed by atoms with van der Waals surface area (Å²) in [5, 5.41) is 18.3. The molecule has 1 rings (SSSR count). The van der Waals surface area contributed by atoms with Crippen molar-refractivity contribution in [2.24, 2.45) is 7.05 Å². The first-order valence-electron chi connectivity index (χ1n) is 3.40. The predicted molar refractivity (Wildman–Crippen MR) is 42.1 cm³/mol. The number of halogens is 2. The molecule has 14 heavy (non-hydrogen) atoms. The van der Waals surface area contributed by atoms with Crippen LogP contribution in [0.3, 0.4) is 0 Å². The minimum atomic E-state index is -3.77. The molecule has 0 spiro atoms. The molecule has 1 aromatic rings. The fourth-order valence-corrected chi connectivity index (χ4v) is 1.31. The van der Waals surface area contributed by atoms with E-state index in [0.717, 1.165) is 0 Å². The zero-order chi connectivity index (χ0) is 10.8. The highest BCUT2D eigenvalue weighted by Crippen LogP contribution is 2.24. The van der Waals surface area contributed by atoms with Crippen LogP contribution in [0.2, 0.25) is 0 Å². The molecule has 1 N–H and O–H groups in total. The Morgan fingerprint density at radius 1 is 1.71 bits per heavy atom. The predicted octanol–water partition coefficient (Wildman–Crippen LogP) is 0.0221. The number of aliphatic carboxylic acids is 1. The second kappa shape index (κ2) is 3.86. The molecule has 0 radical (unpaired) electrons. The summed E-state index contributed by atoms with van der Waals surface area (Å²) >= 11 is 0.585. The number of carboxylic acids is 1. The third-order valence-corrected chi connectivity index (χ3v) is 2.39. The summed E-state index contributed by atoms with van der Waals surface area (Å²) in [6, 6.07) is 0. The zero-order valence-electron chi connectivity index (χ0n) is 7.02. The average Bonchev–Trinajstić information content (AvgIpc) is 2.47. The number of hydrogen-bond acceptors (Lipinski definition) is 5. The molecule has 0 amide bonds. The van der Waals surface area contributed by atoms with Gasteiger partial charge in [0.25, 0.3) is 0 Å². The molecule has 1 heterocycles. The summed E-state index contributed by atoms with van der Waals surface area (Å²) in [5.74, 6) is -6.81. The summed E-state index contributed by atoms with van der Waals surface area (Å²) in [4.78, 5) is 10.0. The lowest BCUT2D eigenvalue weighted by Crippen LogP contribution is -2.30. The Kier molecular flexibility index (Phi) is 2.99. The van der Waals surface area contributed by atoms with Gasteiger partial charge in [0, 0.05) is 7.05 Å². The molecule has 0 bridgehead atoms. The quantitative estimate of drug-likeness (QED) is 0.726. The summed E-state index contributed by atoms with van der Waals surface area (Å²) < 4.78 is 26.3. The van der Waals surface area contributed by atoms with Crippen molar-refractivity contribution in [3.8, 4) is 0 Å². The van der Waals surface area contributed by atoms with Crippen molar-refractivity contribution >= 4 is 17.7 Å². The molecule has 0 saturated heterocycles. The molecule has 0 fully saturated rings. The summed E-state index contributed by atoms with van der Waals surface area (Å²) in [6.45, 7) is 0. The SMILES string of the molecule is Cn1nnnc1SCC(F)(F)C(=O)O. The lowest BCUT2D eigenvalue weighted by atomic mass is 10.4. The Morgan fingerprint density at radius 2 is 2.36 bits per heavy atom. The largest absolute Gasteiger partial charge is 0.477 e. The molecule has 78 valence electrons. The van der Waals surface area contributed by atoms with Gasteiger partial charge in [0.1, 0.15) is 0 Å². The Balaban J connectivity index is 2.57. The smallest absolute Gasteiger partial charge is 0.375 e. The Bertz CT molecular complexity index is 342. The third kappa shape index (κ3) is 2.37. The zero-order valence-corrected chi connectivity index (χ0v) is 7.83. The highest BCUT2D eigenvalue weighted by molar-refractivity contribution is 7.99. The molecule has 0 unspecified atom stereocenters. The Hall–Kier alpha value is -1.25. The molecule has 0 aliphatic heterocycles. The maximum absolute atomic E-state index is 12.6. The van der Waals surface area contributed by atoms with Gasteiger partial charge in [0.15, 0.2) is 0 Å². The number of thioether (sulfide) groups is 1. The van der Waals surface area contributed by atoms with E-state index in [9.17, 15) is 13.6 Å². The molecule has 0 aliphatic carbocycles. The number of aromatic nitrogens is 4. The van der Waals surface area contributed by atoms with Gasteiger partial charge >= 0.3 is 11.9 Å². The summed E-state index contributed by atoms with van der Waals surface area (Å²) in [7, 11) is 1.47. The van der Waals surface area contributed by atoms with Gasteiger partial charge in [-0.1, -0.05) is 11.8 Å². The number of rotatable bonds is 4. The van der Waals surface area contributed by atoms with Gasteiger partial charge in [-0.05, 0) is 10.4 Å². The summed E-state index contributed by atoms with van der Waals surface area (Å²) in [6.07, 6.45) is 0. The monoisotopic (exact) mass is 224 g/mol. The lowest BCUT2D eigenvalue weighted by Gasteiger charge is -2.08. The van der Waals surface area contributed by atoms with Crippen molar-refractivity contribution in [1.82, 2.24) is 20.2 Å². The van der Waals surface area contributed by atoms with E-state index < -0.39 is 17.6 Å². The number of nitrogens with zero attached hydrogens (tertiary/aromatic N) is 4. The first kappa shape index (κ1) is 10.8. The molecular weight excluding hydrogens is 218 g/mol. The number of carbonyl (C=O) groups is 1. The molecule has 0 aliphatic rings. The van der Waals surface area contributed by atoms with E-state index in [2.05, 4.69) is 15.5 Å². The van der Waals surface area contributed by atoms with E-state index in [1.165, 1.54) is 11.7 Å². The van der Waals surface area contributed by atoms with Gasteiger partial charge in [0.05, 0.1) is 5.75 Å². The number of aryl methyl sites for hydroxylation is 1. The Labute approximate surface area is 81.3 Å². The minimum absolute atomic E-state index is 0.144. The van der Waals surface area contributed by atoms with E-state index in [1.807, 2.05) is 0 Å². The van der Waals surface area contributed by atoms with Gasteiger partial charge in [0.2, 0.25) is 5.16 Å². The number of carboxylic acid groups (broad SMARTS) is 1. The van der Waals surface area contributed by atoms with Crippen LogP contribution in [0.4, 0.5) is 8.78 Å². The van der Waals surface area contributed by atoms with E-state index in [-0.39, 0.29) is 5.16 Å². The van der Waals surface area contributed by atoms with Crippen LogP contribution in [0.15, 0.2) is 5.16 Å².